The number of aliphatic hydroxyl groups is 1. The van der Waals surface area contributed by atoms with Crippen molar-refractivity contribution >= 4 is 17.7 Å². The Bertz CT molecular complexity index is 602. The topological polar surface area (TPSA) is 67.2 Å². The average Bonchev–Trinajstić information content (AvgIpc) is 2.82. The fourth-order valence-electron chi connectivity index (χ4n) is 1.66. The molecule has 0 fully saturated rings. The summed E-state index contributed by atoms with van der Waals surface area (Å²) >= 11 is 0. The molecule has 19 heavy (non-hydrogen) atoms. The van der Waals surface area contributed by atoms with Crippen molar-refractivity contribution in [2.24, 2.45) is 7.05 Å². The van der Waals surface area contributed by atoms with Gasteiger partial charge in [-0.15, -0.1) is 0 Å². The molecule has 98 valence electrons. The van der Waals surface area contributed by atoms with Crippen LogP contribution in [0.5, 0.6) is 0 Å². The van der Waals surface area contributed by atoms with Crippen molar-refractivity contribution in [2.75, 3.05) is 5.32 Å². The molecule has 0 radical (unpaired) electrons. The Kier molecular flexibility index (Phi) is 4.10. The van der Waals surface area contributed by atoms with Gasteiger partial charge in [-0.3, -0.25) is 9.48 Å². The van der Waals surface area contributed by atoms with Gasteiger partial charge in [0.05, 0.1) is 12.3 Å². The molecular weight excluding hydrogens is 242 g/mol. The molecule has 1 aromatic heterocycles. The second-order valence-electron chi connectivity index (χ2n) is 4.02. The molecule has 2 aromatic rings. The van der Waals surface area contributed by atoms with Crippen LogP contribution in [0.25, 0.3) is 6.08 Å². The molecule has 0 unspecified atom stereocenters. The Morgan fingerprint density at radius 1 is 1.42 bits per heavy atom. The molecular formula is C14H15N3O2. The van der Waals surface area contributed by atoms with Crippen molar-refractivity contribution in [2.45, 2.75) is 6.61 Å². The molecule has 0 saturated carbocycles. The third-order valence-corrected chi connectivity index (χ3v) is 2.71. The van der Waals surface area contributed by atoms with Crippen molar-refractivity contribution in [3.8, 4) is 0 Å². The third kappa shape index (κ3) is 3.29. The van der Waals surface area contributed by atoms with Crippen molar-refractivity contribution < 1.29 is 9.90 Å². The average molecular weight is 257 g/mol. The van der Waals surface area contributed by atoms with Crippen molar-refractivity contribution in [3.63, 3.8) is 0 Å². The molecule has 1 heterocycles. The zero-order chi connectivity index (χ0) is 13.7. The molecule has 5 heteroatoms. The number of hydrogen-bond acceptors (Lipinski definition) is 3. The number of carbonyl (C=O) groups excluding carboxylic acids is 1. The van der Waals surface area contributed by atoms with E-state index in [0.29, 0.717) is 11.3 Å². The van der Waals surface area contributed by atoms with Gasteiger partial charge in [-0.05, 0) is 18.2 Å². The first-order valence-electron chi connectivity index (χ1n) is 5.86. The first kappa shape index (κ1) is 13.0. The predicted octanol–water partition coefficient (Wildman–Crippen LogP) is 1.56. The normalized spacial score (nSPS) is 10.8. The summed E-state index contributed by atoms with van der Waals surface area (Å²) in [6.07, 6.45) is 4.79. The largest absolute Gasteiger partial charge is 0.392 e. The van der Waals surface area contributed by atoms with E-state index in [1.165, 1.54) is 6.08 Å². The van der Waals surface area contributed by atoms with Gasteiger partial charge in [-0.25, -0.2) is 0 Å². The molecule has 2 N–H and O–H groups in total. The number of nitrogens with zero attached hydrogens (tertiary/aromatic N) is 2. The van der Waals surface area contributed by atoms with E-state index in [9.17, 15) is 4.79 Å². The summed E-state index contributed by atoms with van der Waals surface area (Å²) in [5, 5.41) is 15.9. The van der Waals surface area contributed by atoms with Gasteiger partial charge in [0, 0.05) is 30.6 Å². The minimum atomic E-state index is -0.248. The van der Waals surface area contributed by atoms with Crippen LogP contribution in [-0.4, -0.2) is 20.8 Å². The lowest BCUT2D eigenvalue weighted by molar-refractivity contribution is -0.111. The quantitative estimate of drug-likeness (QED) is 0.817. The van der Waals surface area contributed by atoms with Crippen LogP contribution in [0.2, 0.25) is 0 Å². The number of carbonyl (C=O) groups is 1. The summed E-state index contributed by atoms with van der Waals surface area (Å²) in [6.45, 7) is -0.109. The zero-order valence-electron chi connectivity index (χ0n) is 10.6. The lowest BCUT2D eigenvalue weighted by Crippen LogP contribution is -2.09. The Hall–Kier alpha value is -2.40. The molecule has 1 amide bonds. The maximum absolute atomic E-state index is 11.8. The summed E-state index contributed by atoms with van der Waals surface area (Å²) in [7, 11) is 1.80. The highest BCUT2D eigenvalue weighted by molar-refractivity contribution is 6.02. The minimum Gasteiger partial charge on any atom is -0.392 e. The second kappa shape index (κ2) is 5.97. The third-order valence-electron chi connectivity index (χ3n) is 2.71. The molecule has 0 bridgehead atoms. The van der Waals surface area contributed by atoms with E-state index >= 15 is 0 Å². The van der Waals surface area contributed by atoms with E-state index in [4.69, 9.17) is 5.11 Å². The number of nitrogens with one attached hydrogen (secondary N) is 1. The Labute approximate surface area is 111 Å². The van der Waals surface area contributed by atoms with E-state index < -0.39 is 0 Å². The van der Waals surface area contributed by atoms with Crippen LogP contribution in [0.15, 0.2) is 42.6 Å². The smallest absolute Gasteiger partial charge is 0.248 e. The van der Waals surface area contributed by atoms with Crippen LogP contribution in [0.4, 0.5) is 5.69 Å². The zero-order valence-corrected chi connectivity index (χ0v) is 10.6. The molecule has 5 nitrogen and oxygen atoms in total. The Balaban J connectivity index is 2.06. The van der Waals surface area contributed by atoms with Crippen LogP contribution >= 0.6 is 0 Å². The van der Waals surface area contributed by atoms with Crippen molar-refractivity contribution in [1.29, 1.82) is 0 Å². The summed E-state index contributed by atoms with van der Waals surface area (Å²) in [5.74, 6) is -0.248. The number of aryl methyl sites for hydroxylation is 1. The molecule has 0 spiro atoms. The van der Waals surface area contributed by atoms with E-state index in [-0.39, 0.29) is 12.5 Å². The standard InChI is InChI=1S/C14H15N3O2/c1-17-12(8-9-15-17)6-7-14(19)16-13-5-3-2-4-11(13)10-18/h2-9,18H,10H2,1H3,(H,16,19)/b7-6+. The molecule has 0 aliphatic heterocycles. The van der Waals surface area contributed by atoms with Gasteiger partial charge in [0.1, 0.15) is 0 Å². The number of anilines is 1. The van der Waals surface area contributed by atoms with Gasteiger partial charge in [0.25, 0.3) is 0 Å². The minimum absolute atomic E-state index is 0.109. The van der Waals surface area contributed by atoms with Crippen LogP contribution in [0.1, 0.15) is 11.3 Å². The number of benzene rings is 1. The van der Waals surface area contributed by atoms with Crippen LogP contribution in [0, 0.1) is 0 Å². The molecule has 0 saturated heterocycles. The van der Waals surface area contributed by atoms with Crippen molar-refractivity contribution in [3.05, 3.63) is 53.9 Å². The fourth-order valence-corrected chi connectivity index (χ4v) is 1.66. The van der Waals surface area contributed by atoms with Crippen LogP contribution < -0.4 is 5.32 Å². The van der Waals surface area contributed by atoms with Gasteiger partial charge < -0.3 is 10.4 Å². The Morgan fingerprint density at radius 3 is 2.89 bits per heavy atom. The maximum Gasteiger partial charge on any atom is 0.248 e. The number of aliphatic hydroxyl groups excluding tert-OH is 1. The monoisotopic (exact) mass is 257 g/mol. The summed E-state index contributed by atoms with van der Waals surface area (Å²) in [4.78, 5) is 11.8. The summed E-state index contributed by atoms with van der Waals surface area (Å²) < 4.78 is 1.67. The van der Waals surface area contributed by atoms with Gasteiger partial charge in [-0.2, -0.15) is 5.10 Å². The van der Waals surface area contributed by atoms with Crippen molar-refractivity contribution in [1.82, 2.24) is 9.78 Å². The first-order chi connectivity index (χ1) is 9.20. The number of hydrogen-bond donors (Lipinski definition) is 2. The molecule has 0 aliphatic carbocycles. The van der Waals surface area contributed by atoms with Gasteiger partial charge >= 0.3 is 0 Å². The lowest BCUT2D eigenvalue weighted by atomic mass is 10.2. The number of amides is 1. The second-order valence-corrected chi connectivity index (χ2v) is 4.02. The molecule has 1 aromatic carbocycles. The van der Waals surface area contributed by atoms with E-state index in [2.05, 4.69) is 10.4 Å². The van der Waals surface area contributed by atoms with Gasteiger partial charge in [0.2, 0.25) is 5.91 Å². The van der Waals surface area contributed by atoms with E-state index in [1.54, 1.807) is 42.2 Å². The van der Waals surface area contributed by atoms with E-state index in [0.717, 1.165) is 5.69 Å². The van der Waals surface area contributed by atoms with Crippen LogP contribution in [0.3, 0.4) is 0 Å². The first-order valence-corrected chi connectivity index (χ1v) is 5.86. The highest BCUT2D eigenvalue weighted by Crippen LogP contribution is 2.14. The fraction of sp³-hybridized carbons (Fsp3) is 0.143. The summed E-state index contributed by atoms with van der Waals surface area (Å²) in [5.41, 5.74) is 2.14. The lowest BCUT2D eigenvalue weighted by Gasteiger charge is -2.06. The Morgan fingerprint density at radius 2 is 2.21 bits per heavy atom. The number of aromatic nitrogens is 2. The molecule has 0 atom stereocenters. The van der Waals surface area contributed by atoms with Crippen LogP contribution in [-0.2, 0) is 18.4 Å². The number of rotatable bonds is 4. The molecule has 0 aliphatic rings. The van der Waals surface area contributed by atoms with E-state index in [1.807, 2.05) is 12.1 Å². The highest BCUT2D eigenvalue weighted by Gasteiger charge is 2.03. The van der Waals surface area contributed by atoms with Gasteiger partial charge in [0.15, 0.2) is 0 Å². The SMILES string of the molecule is Cn1nccc1/C=C/C(=O)Nc1ccccc1CO. The number of para-hydroxylation sites is 1. The maximum atomic E-state index is 11.8. The van der Waals surface area contributed by atoms with Gasteiger partial charge in [-0.1, -0.05) is 18.2 Å². The highest BCUT2D eigenvalue weighted by atomic mass is 16.3. The predicted molar refractivity (Wildman–Crippen MR) is 73.2 cm³/mol. The summed E-state index contributed by atoms with van der Waals surface area (Å²) in [6, 6.07) is 8.94. The molecule has 2 rings (SSSR count).